The number of aldehydes is 1. The van der Waals surface area contributed by atoms with E-state index in [-0.39, 0.29) is 5.56 Å². The van der Waals surface area contributed by atoms with Gasteiger partial charge in [-0.05, 0) is 23.8 Å². The van der Waals surface area contributed by atoms with Crippen LogP contribution in [0.15, 0.2) is 18.2 Å². The molecular formula is C9H5BrF4O. The number of rotatable bonds is 2. The molecule has 0 fully saturated rings. The zero-order valence-corrected chi connectivity index (χ0v) is 8.77. The number of carbonyl (C=O) groups is 1. The zero-order valence-electron chi connectivity index (χ0n) is 7.18. The van der Waals surface area contributed by atoms with Crippen LogP contribution in [0.4, 0.5) is 17.6 Å². The third kappa shape index (κ3) is 3.02. The van der Waals surface area contributed by atoms with Gasteiger partial charge in [0.2, 0.25) is 0 Å². The van der Waals surface area contributed by atoms with Crippen molar-refractivity contribution < 1.29 is 22.4 Å². The van der Waals surface area contributed by atoms with Crippen LogP contribution in [-0.2, 0) is 11.0 Å². The molecule has 0 saturated carbocycles. The van der Waals surface area contributed by atoms with Crippen LogP contribution in [0, 0.1) is 5.82 Å². The lowest BCUT2D eigenvalue weighted by Crippen LogP contribution is -2.07. The van der Waals surface area contributed by atoms with E-state index in [0.29, 0.717) is 12.4 Å². The first-order valence-electron chi connectivity index (χ1n) is 3.81. The molecule has 15 heavy (non-hydrogen) atoms. The van der Waals surface area contributed by atoms with Gasteiger partial charge >= 0.3 is 6.18 Å². The maximum atomic E-state index is 12.8. The second kappa shape index (κ2) is 4.30. The van der Waals surface area contributed by atoms with Crippen LogP contribution in [0.2, 0.25) is 0 Å². The summed E-state index contributed by atoms with van der Waals surface area (Å²) in [7, 11) is 0. The van der Waals surface area contributed by atoms with E-state index in [9.17, 15) is 22.4 Å². The lowest BCUT2D eigenvalue weighted by Gasteiger charge is -2.10. The molecule has 6 heteroatoms. The molecule has 0 amide bonds. The van der Waals surface area contributed by atoms with E-state index in [1.165, 1.54) is 0 Å². The fourth-order valence-corrected chi connectivity index (χ4v) is 1.28. The maximum absolute atomic E-state index is 12.8. The van der Waals surface area contributed by atoms with Crippen molar-refractivity contribution in [3.8, 4) is 0 Å². The summed E-state index contributed by atoms with van der Waals surface area (Å²) < 4.78 is 49.6. The highest BCUT2D eigenvalue weighted by Crippen LogP contribution is 2.32. The molecule has 0 aliphatic rings. The second-order valence-corrected chi connectivity index (χ2v) is 3.80. The van der Waals surface area contributed by atoms with E-state index in [4.69, 9.17) is 0 Å². The Hall–Kier alpha value is -0.910. The van der Waals surface area contributed by atoms with Gasteiger partial charge in [0.05, 0.1) is 10.4 Å². The van der Waals surface area contributed by atoms with Crippen molar-refractivity contribution in [3.05, 3.63) is 35.1 Å². The Kier molecular flexibility index (Phi) is 3.49. The summed E-state index contributed by atoms with van der Waals surface area (Å²) in [5.41, 5.74) is -1.17. The highest BCUT2D eigenvalue weighted by atomic mass is 79.9. The van der Waals surface area contributed by atoms with E-state index in [2.05, 4.69) is 15.9 Å². The molecule has 0 spiro atoms. The maximum Gasteiger partial charge on any atom is 0.416 e. The molecule has 0 aromatic heterocycles. The van der Waals surface area contributed by atoms with Gasteiger partial charge in [0.25, 0.3) is 0 Å². The van der Waals surface area contributed by atoms with Crippen molar-refractivity contribution in [1.82, 2.24) is 0 Å². The van der Waals surface area contributed by atoms with Crippen molar-refractivity contribution in [1.29, 1.82) is 0 Å². The fourth-order valence-electron chi connectivity index (χ4n) is 1.01. The van der Waals surface area contributed by atoms with E-state index < -0.39 is 22.4 Å². The van der Waals surface area contributed by atoms with Crippen LogP contribution in [0.1, 0.15) is 16.0 Å². The average Bonchev–Trinajstić information content (AvgIpc) is 2.14. The van der Waals surface area contributed by atoms with Crippen LogP contribution in [0.25, 0.3) is 0 Å². The Morgan fingerprint density at radius 2 is 1.87 bits per heavy atom. The van der Waals surface area contributed by atoms with Gasteiger partial charge in [0, 0.05) is 0 Å². The molecule has 1 unspecified atom stereocenters. The number of hydrogen-bond acceptors (Lipinski definition) is 1. The highest BCUT2D eigenvalue weighted by Gasteiger charge is 2.31. The first kappa shape index (κ1) is 12.2. The third-order valence-electron chi connectivity index (χ3n) is 1.69. The smallest absolute Gasteiger partial charge is 0.302 e. The van der Waals surface area contributed by atoms with E-state index in [1.807, 2.05) is 0 Å². The van der Waals surface area contributed by atoms with Gasteiger partial charge in [-0.25, -0.2) is 4.39 Å². The quantitative estimate of drug-likeness (QED) is 0.462. The molecule has 1 nitrogen and oxygen atoms in total. The highest BCUT2D eigenvalue weighted by molar-refractivity contribution is 9.09. The molecule has 1 aromatic rings. The van der Waals surface area contributed by atoms with Gasteiger partial charge in [-0.3, -0.25) is 0 Å². The molecule has 0 saturated heterocycles. The summed E-state index contributed by atoms with van der Waals surface area (Å²) in [6.45, 7) is 0. The van der Waals surface area contributed by atoms with Crippen molar-refractivity contribution in [2.24, 2.45) is 0 Å². The molecular weight excluding hydrogens is 280 g/mol. The molecule has 0 heterocycles. The van der Waals surface area contributed by atoms with Gasteiger partial charge in [0.1, 0.15) is 12.1 Å². The topological polar surface area (TPSA) is 17.1 Å². The summed E-state index contributed by atoms with van der Waals surface area (Å²) in [6, 6.07) is 1.99. The first-order valence-corrected chi connectivity index (χ1v) is 4.73. The second-order valence-electron chi connectivity index (χ2n) is 2.81. The SMILES string of the molecule is O=CC(Br)c1cc(F)cc(C(F)(F)F)c1. The van der Waals surface area contributed by atoms with Gasteiger partial charge in [0.15, 0.2) is 0 Å². The number of hydrogen-bond donors (Lipinski definition) is 0. The molecule has 1 rings (SSSR count). The first-order chi connectivity index (χ1) is 6.84. The standard InChI is InChI=1S/C9H5BrF4O/c10-8(4-15)5-1-6(9(12,13)14)3-7(11)2-5/h1-4,8H. The van der Waals surface area contributed by atoms with E-state index >= 15 is 0 Å². The van der Waals surface area contributed by atoms with Crippen LogP contribution in [0.5, 0.6) is 0 Å². The predicted molar refractivity (Wildman–Crippen MR) is 49.1 cm³/mol. The Morgan fingerprint density at radius 1 is 1.27 bits per heavy atom. The summed E-state index contributed by atoms with van der Waals surface area (Å²) in [6.07, 6.45) is -4.23. The summed E-state index contributed by atoms with van der Waals surface area (Å²) in [4.78, 5) is 9.39. The Bertz CT molecular complexity index is 375. The molecule has 0 aliphatic carbocycles. The minimum atomic E-state index is -4.62. The molecule has 0 aliphatic heterocycles. The predicted octanol–water partition coefficient (Wildman–Crippen LogP) is 3.48. The minimum absolute atomic E-state index is 0.0580. The van der Waals surface area contributed by atoms with Crippen LogP contribution in [0.3, 0.4) is 0 Å². The van der Waals surface area contributed by atoms with E-state index in [1.54, 1.807) is 0 Å². The third-order valence-corrected chi connectivity index (χ3v) is 2.43. The summed E-state index contributed by atoms with van der Waals surface area (Å²) in [5.74, 6) is -1.02. The van der Waals surface area contributed by atoms with Gasteiger partial charge in [-0.15, -0.1) is 0 Å². The zero-order chi connectivity index (χ0) is 11.6. The van der Waals surface area contributed by atoms with Crippen LogP contribution < -0.4 is 0 Å². The Balaban J connectivity index is 3.22. The fraction of sp³-hybridized carbons (Fsp3) is 0.222. The van der Waals surface area contributed by atoms with Crippen LogP contribution in [-0.4, -0.2) is 6.29 Å². The van der Waals surface area contributed by atoms with Crippen molar-refractivity contribution in [2.45, 2.75) is 11.0 Å². The molecule has 0 bridgehead atoms. The number of halogens is 5. The number of benzene rings is 1. The Morgan fingerprint density at radius 3 is 2.33 bits per heavy atom. The van der Waals surface area contributed by atoms with Crippen molar-refractivity contribution in [3.63, 3.8) is 0 Å². The van der Waals surface area contributed by atoms with Crippen molar-refractivity contribution in [2.75, 3.05) is 0 Å². The number of carbonyl (C=O) groups excluding carboxylic acids is 1. The minimum Gasteiger partial charge on any atom is -0.302 e. The Labute approximate surface area is 91.2 Å². The molecule has 0 radical (unpaired) electrons. The van der Waals surface area contributed by atoms with Crippen molar-refractivity contribution >= 4 is 22.2 Å². The van der Waals surface area contributed by atoms with Gasteiger partial charge in [-0.1, -0.05) is 15.9 Å². The lowest BCUT2D eigenvalue weighted by molar-refractivity contribution is -0.137. The molecule has 0 N–H and O–H groups in total. The summed E-state index contributed by atoms with van der Waals surface area (Å²) in [5, 5.41) is 0. The molecule has 1 atom stereocenters. The average molecular weight is 285 g/mol. The van der Waals surface area contributed by atoms with Gasteiger partial charge in [-0.2, -0.15) is 13.2 Å². The summed E-state index contributed by atoms with van der Waals surface area (Å²) >= 11 is 2.82. The molecule has 1 aromatic carbocycles. The van der Waals surface area contributed by atoms with Crippen LogP contribution >= 0.6 is 15.9 Å². The lowest BCUT2D eigenvalue weighted by atomic mass is 10.1. The van der Waals surface area contributed by atoms with Gasteiger partial charge < -0.3 is 4.79 Å². The van der Waals surface area contributed by atoms with E-state index in [0.717, 1.165) is 12.1 Å². The largest absolute Gasteiger partial charge is 0.416 e. The monoisotopic (exact) mass is 284 g/mol. The normalized spacial score (nSPS) is 13.7. The molecule has 82 valence electrons. The number of alkyl halides is 4.